The molecule has 0 radical (unpaired) electrons. The number of hydrogen-bond donors (Lipinski definition) is 0. The van der Waals surface area contributed by atoms with E-state index in [4.69, 9.17) is 11.6 Å². The van der Waals surface area contributed by atoms with E-state index in [0.29, 0.717) is 0 Å². The largest absolute Gasteiger partial charge is 0.377 e. The van der Waals surface area contributed by atoms with Gasteiger partial charge in [-0.25, -0.2) is 0 Å². The fourth-order valence-electron chi connectivity index (χ4n) is 2.15. The van der Waals surface area contributed by atoms with Crippen molar-refractivity contribution >= 4 is 25.2 Å². The smallest absolute Gasteiger partial charge is 0.132 e. The second-order valence-corrected chi connectivity index (χ2v) is 9.29. The van der Waals surface area contributed by atoms with E-state index in [-0.39, 0.29) is 0 Å². The van der Waals surface area contributed by atoms with Crippen LogP contribution in [-0.4, -0.2) is 56.3 Å². The van der Waals surface area contributed by atoms with Crippen molar-refractivity contribution in [3.8, 4) is 0 Å². The minimum atomic E-state index is -1.98. The first-order valence-electron chi connectivity index (χ1n) is 6.33. The molecule has 0 unspecified atom stereocenters. The molecule has 20 heavy (non-hydrogen) atoms. The van der Waals surface area contributed by atoms with Crippen molar-refractivity contribution in [3.63, 3.8) is 0 Å². The Bertz CT molecular complexity index is 466. The molecule has 0 heterocycles. The van der Waals surface area contributed by atoms with Gasteiger partial charge in [-0.2, -0.15) is 0 Å². The van der Waals surface area contributed by atoms with Crippen molar-refractivity contribution in [1.82, 2.24) is 14.0 Å². The lowest BCUT2D eigenvalue weighted by atomic mass is 10.2. The number of aryl methyl sites for hydroxylation is 1. The standard InChI is InChI=1S/C13H24ClN5P/c1-11-10-12(14)8-9-13(11)15-16-20(17(2)3,18(4)5)19(6)7/h8-10H,1-7H3/q+1. The van der Waals surface area contributed by atoms with E-state index in [9.17, 15) is 0 Å². The molecule has 0 atom stereocenters. The number of benzene rings is 1. The van der Waals surface area contributed by atoms with Crippen LogP contribution < -0.4 is 0 Å². The Morgan fingerprint density at radius 2 is 1.45 bits per heavy atom. The zero-order valence-corrected chi connectivity index (χ0v) is 14.9. The summed E-state index contributed by atoms with van der Waals surface area (Å²) in [6.07, 6.45) is 0. The third-order valence-electron chi connectivity index (χ3n) is 3.04. The molecule has 0 aliphatic carbocycles. The van der Waals surface area contributed by atoms with Gasteiger partial charge in [0.2, 0.25) is 0 Å². The van der Waals surface area contributed by atoms with Crippen LogP contribution in [0.3, 0.4) is 0 Å². The first-order valence-corrected chi connectivity index (χ1v) is 8.31. The highest BCUT2D eigenvalue weighted by atomic mass is 35.5. The zero-order chi connectivity index (χ0) is 15.5. The first-order chi connectivity index (χ1) is 9.21. The fourth-order valence-corrected chi connectivity index (χ4v) is 5.22. The van der Waals surface area contributed by atoms with Gasteiger partial charge in [0.1, 0.15) is 0 Å². The fraction of sp³-hybridized carbons (Fsp3) is 0.538. The Morgan fingerprint density at radius 1 is 0.950 bits per heavy atom. The second kappa shape index (κ2) is 6.92. The summed E-state index contributed by atoms with van der Waals surface area (Å²) in [4.78, 5) is 4.69. The van der Waals surface area contributed by atoms with E-state index in [0.717, 1.165) is 16.3 Å². The van der Waals surface area contributed by atoms with E-state index in [1.54, 1.807) is 0 Å². The van der Waals surface area contributed by atoms with Crippen molar-refractivity contribution in [2.24, 2.45) is 10.00 Å². The van der Waals surface area contributed by atoms with Crippen LogP contribution >= 0.6 is 19.5 Å². The molecule has 0 aromatic heterocycles. The molecule has 0 bridgehead atoms. The maximum absolute atomic E-state index is 5.97. The van der Waals surface area contributed by atoms with Crippen LogP contribution in [-0.2, 0) is 0 Å². The summed E-state index contributed by atoms with van der Waals surface area (Å²) in [7, 11) is 10.2. The van der Waals surface area contributed by atoms with E-state index in [1.165, 1.54) is 0 Å². The highest BCUT2D eigenvalue weighted by molar-refractivity contribution is 7.67. The summed E-state index contributed by atoms with van der Waals surface area (Å²) in [5.41, 5.74) is 1.87. The van der Waals surface area contributed by atoms with Gasteiger partial charge in [0.15, 0.2) is 0 Å². The Morgan fingerprint density at radius 3 is 1.85 bits per heavy atom. The number of rotatable bonds is 5. The van der Waals surface area contributed by atoms with Gasteiger partial charge in [-0.3, -0.25) is 0 Å². The van der Waals surface area contributed by atoms with E-state index >= 15 is 0 Å². The molecule has 5 nitrogen and oxygen atoms in total. The first kappa shape index (κ1) is 17.5. The van der Waals surface area contributed by atoms with Crippen molar-refractivity contribution in [1.29, 1.82) is 0 Å². The van der Waals surface area contributed by atoms with Gasteiger partial charge in [0.05, 0.1) is 5.69 Å². The van der Waals surface area contributed by atoms with Crippen LogP contribution in [0.5, 0.6) is 0 Å². The minimum Gasteiger partial charge on any atom is -0.132 e. The Hall–Kier alpha value is -0.580. The molecule has 0 aliphatic heterocycles. The summed E-state index contributed by atoms with van der Waals surface area (Å²) in [5.74, 6) is 0. The summed E-state index contributed by atoms with van der Waals surface area (Å²) in [6.45, 7) is 1.99. The van der Waals surface area contributed by atoms with Crippen molar-refractivity contribution < 1.29 is 0 Å². The predicted molar refractivity (Wildman–Crippen MR) is 88.7 cm³/mol. The van der Waals surface area contributed by atoms with E-state index in [2.05, 4.69) is 24.0 Å². The van der Waals surface area contributed by atoms with Crippen LogP contribution in [0, 0.1) is 6.92 Å². The predicted octanol–water partition coefficient (Wildman–Crippen LogP) is 4.09. The lowest BCUT2D eigenvalue weighted by Crippen LogP contribution is -2.34. The van der Waals surface area contributed by atoms with Crippen LogP contribution in [0.1, 0.15) is 5.56 Å². The van der Waals surface area contributed by atoms with Gasteiger partial charge in [-0.1, -0.05) is 11.6 Å². The van der Waals surface area contributed by atoms with Gasteiger partial charge in [-0.05, 0) is 30.7 Å². The highest BCUT2D eigenvalue weighted by Crippen LogP contribution is 2.65. The molecule has 0 spiro atoms. The molecule has 0 amide bonds. The molecule has 112 valence electrons. The third kappa shape index (κ3) is 3.54. The van der Waals surface area contributed by atoms with Gasteiger partial charge in [0.25, 0.3) is 0 Å². The number of nitrogens with zero attached hydrogens (tertiary/aromatic N) is 5. The Balaban J connectivity index is 3.21. The molecule has 1 rings (SSSR count). The zero-order valence-electron chi connectivity index (χ0n) is 13.3. The molecule has 1 aromatic rings. The molecule has 0 N–H and O–H groups in total. The van der Waals surface area contributed by atoms with Gasteiger partial charge in [-0.15, -0.1) is 19.1 Å². The Labute approximate surface area is 127 Å². The third-order valence-corrected chi connectivity index (χ3v) is 6.83. The van der Waals surface area contributed by atoms with Gasteiger partial charge < -0.3 is 0 Å². The molecule has 7 heteroatoms. The maximum atomic E-state index is 5.97. The number of hydrogen-bond acceptors (Lipinski definition) is 5. The number of halogens is 1. The molecule has 0 saturated carbocycles. The summed E-state index contributed by atoms with van der Waals surface area (Å²) < 4.78 is 6.38. The summed E-state index contributed by atoms with van der Waals surface area (Å²) in [6, 6.07) is 5.64. The van der Waals surface area contributed by atoms with Gasteiger partial charge in [0, 0.05) is 52.2 Å². The van der Waals surface area contributed by atoms with Crippen molar-refractivity contribution in [3.05, 3.63) is 28.8 Å². The Kier molecular flexibility index (Phi) is 6.05. The highest BCUT2D eigenvalue weighted by Gasteiger charge is 2.50. The van der Waals surface area contributed by atoms with Crippen molar-refractivity contribution in [2.75, 3.05) is 42.3 Å². The minimum absolute atomic E-state index is 0.718. The summed E-state index contributed by atoms with van der Waals surface area (Å²) in [5, 5.41) is 5.19. The van der Waals surface area contributed by atoms with Crippen LogP contribution in [0.4, 0.5) is 5.69 Å². The van der Waals surface area contributed by atoms with Crippen molar-refractivity contribution in [2.45, 2.75) is 6.92 Å². The van der Waals surface area contributed by atoms with Crippen LogP contribution in [0.2, 0.25) is 5.02 Å². The monoisotopic (exact) mass is 316 g/mol. The lowest BCUT2D eigenvalue weighted by Gasteiger charge is -2.33. The molecular formula is C13H24ClN5P+. The SMILES string of the molecule is Cc1cc(Cl)ccc1N=N[P+](N(C)C)(N(C)C)N(C)C. The maximum Gasteiger partial charge on any atom is 0.377 e. The van der Waals surface area contributed by atoms with E-state index in [1.807, 2.05) is 67.4 Å². The van der Waals surface area contributed by atoms with Crippen LogP contribution in [0.25, 0.3) is 0 Å². The normalized spacial score (nSPS) is 13.2. The molecule has 1 aromatic carbocycles. The topological polar surface area (TPSA) is 34.4 Å². The van der Waals surface area contributed by atoms with Crippen LogP contribution in [0.15, 0.2) is 28.2 Å². The average Bonchev–Trinajstić information content (AvgIpc) is 2.30. The second-order valence-electron chi connectivity index (χ2n) is 5.20. The average molecular weight is 317 g/mol. The quantitative estimate of drug-likeness (QED) is 0.606. The molecule has 0 saturated heterocycles. The molecule has 0 fully saturated rings. The molecular weight excluding hydrogens is 293 g/mol. The molecule has 0 aliphatic rings. The van der Waals surface area contributed by atoms with Gasteiger partial charge >= 0.3 is 7.87 Å². The summed E-state index contributed by atoms with van der Waals surface area (Å²) >= 11 is 5.97. The lowest BCUT2D eigenvalue weighted by molar-refractivity contribution is 0.457. The van der Waals surface area contributed by atoms with E-state index < -0.39 is 7.87 Å².